The molecule has 1 aliphatic rings. The number of aryl methyl sites for hydroxylation is 2. The van der Waals surface area contributed by atoms with Gasteiger partial charge in [-0.05, 0) is 19.1 Å². The summed E-state index contributed by atoms with van der Waals surface area (Å²) in [6.07, 6.45) is -1.21. The topological polar surface area (TPSA) is 125 Å². The van der Waals surface area contributed by atoms with Gasteiger partial charge >= 0.3 is 5.69 Å². The lowest BCUT2D eigenvalue weighted by Crippen LogP contribution is -2.42. The van der Waals surface area contributed by atoms with E-state index in [1.54, 1.807) is 9.47 Å². The second kappa shape index (κ2) is 6.89. The van der Waals surface area contributed by atoms with Crippen LogP contribution < -0.4 is 21.3 Å². The number of nitrogens with zero attached hydrogens (tertiary/aromatic N) is 5. The van der Waals surface area contributed by atoms with E-state index in [1.165, 1.54) is 11.6 Å². The van der Waals surface area contributed by atoms with Gasteiger partial charge in [0, 0.05) is 31.7 Å². The second-order valence-corrected chi connectivity index (χ2v) is 7.21. The Hall–Kier alpha value is -3.40. The molecule has 0 bridgehead atoms. The molecule has 1 N–H and O–H groups in total. The van der Waals surface area contributed by atoms with Crippen molar-refractivity contribution in [2.24, 2.45) is 7.05 Å². The second-order valence-electron chi connectivity index (χ2n) is 7.21. The first-order valence-corrected chi connectivity index (χ1v) is 9.20. The minimum Gasteiger partial charge on any atom is -0.550 e. The Morgan fingerprint density at radius 2 is 1.93 bits per heavy atom. The van der Waals surface area contributed by atoms with Gasteiger partial charge in [0.15, 0.2) is 11.2 Å². The molecular formula is C19H20N5O5-. The lowest BCUT2D eigenvalue weighted by Gasteiger charge is -2.32. The monoisotopic (exact) mass is 398 g/mol. The molecule has 0 saturated heterocycles. The zero-order chi connectivity index (χ0) is 20.9. The molecule has 10 heteroatoms. The highest BCUT2D eigenvalue weighted by molar-refractivity contribution is 5.77. The minimum absolute atomic E-state index is 0.141. The Morgan fingerprint density at radius 1 is 1.24 bits per heavy atom. The number of anilines is 2. The van der Waals surface area contributed by atoms with Crippen LogP contribution in [-0.4, -0.2) is 42.4 Å². The van der Waals surface area contributed by atoms with Crippen molar-refractivity contribution in [3.63, 3.8) is 0 Å². The molecule has 3 aromatic rings. The number of carboxylic acids is 1. The van der Waals surface area contributed by atoms with Crippen LogP contribution in [0.3, 0.4) is 0 Å². The molecule has 0 saturated carbocycles. The van der Waals surface area contributed by atoms with Crippen molar-refractivity contribution in [2.45, 2.75) is 32.5 Å². The van der Waals surface area contributed by atoms with Crippen molar-refractivity contribution in [2.75, 3.05) is 11.4 Å². The van der Waals surface area contributed by atoms with Crippen LogP contribution in [0.5, 0.6) is 0 Å². The van der Waals surface area contributed by atoms with E-state index in [1.807, 2.05) is 31.2 Å². The van der Waals surface area contributed by atoms with Gasteiger partial charge in [-0.2, -0.15) is 4.98 Å². The quantitative estimate of drug-likeness (QED) is 0.589. The highest BCUT2D eigenvalue weighted by Crippen LogP contribution is 2.31. The summed E-state index contributed by atoms with van der Waals surface area (Å²) in [6, 6.07) is 7.67. The number of benzene rings is 1. The maximum atomic E-state index is 13.0. The van der Waals surface area contributed by atoms with E-state index in [-0.39, 0.29) is 24.3 Å². The highest BCUT2D eigenvalue weighted by atomic mass is 16.4. The molecule has 0 amide bonds. The summed E-state index contributed by atoms with van der Waals surface area (Å²) in [5, 5.41) is 21.2. The lowest BCUT2D eigenvalue weighted by atomic mass is 10.2. The van der Waals surface area contributed by atoms with Crippen molar-refractivity contribution < 1.29 is 15.0 Å². The molecule has 3 heterocycles. The maximum Gasteiger partial charge on any atom is 0.332 e. The van der Waals surface area contributed by atoms with Gasteiger partial charge in [-0.1, -0.05) is 17.7 Å². The van der Waals surface area contributed by atoms with Gasteiger partial charge in [0.2, 0.25) is 5.95 Å². The van der Waals surface area contributed by atoms with E-state index in [9.17, 15) is 24.6 Å². The van der Waals surface area contributed by atoms with Gasteiger partial charge < -0.3 is 24.5 Å². The fourth-order valence-electron chi connectivity index (χ4n) is 3.65. The number of imidazole rings is 1. The number of aromatic nitrogens is 4. The Labute approximate surface area is 164 Å². The van der Waals surface area contributed by atoms with Crippen molar-refractivity contribution in [1.29, 1.82) is 0 Å². The number of hydrogen-bond donors (Lipinski definition) is 1. The predicted molar refractivity (Wildman–Crippen MR) is 103 cm³/mol. The third-order valence-corrected chi connectivity index (χ3v) is 5.13. The largest absolute Gasteiger partial charge is 0.550 e. The Bertz CT molecular complexity index is 1220. The molecule has 0 aliphatic carbocycles. The minimum atomic E-state index is -1.35. The number of fused-ring (bicyclic) bond motifs is 3. The summed E-state index contributed by atoms with van der Waals surface area (Å²) < 4.78 is 3.67. The van der Waals surface area contributed by atoms with E-state index >= 15 is 0 Å². The first-order chi connectivity index (χ1) is 13.8. The van der Waals surface area contributed by atoms with Crippen LogP contribution >= 0.6 is 0 Å². The zero-order valence-electron chi connectivity index (χ0n) is 16.0. The molecule has 152 valence electrons. The van der Waals surface area contributed by atoms with Crippen molar-refractivity contribution in [3.05, 3.63) is 50.7 Å². The van der Waals surface area contributed by atoms with Gasteiger partial charge in [0.05, 0.1) is 19.2 Å². The zero-order valence-corrected chi connectivity index (χ0v) is 16.0. The van der Waals surface area contributed by atoms with Crippen LogP contribution in [0.4, 0.5) is 11.6 Å². The fourth-order valence-corrected chi connectivity index (χ4v) is 3.65. The van der Waals surface area contributed by atoms with Crippen LogP contribution in [-0.2, 0) is 24.9 Å². The molecule has 29 heavy (non-hydrogen) atoms. The smallest absolute Gasteiger partial charge is 0.332 e. The van der Waals surface area contributed by atoms with Crippen molar-refractivity contribution in [3.8, 4) is 0 Å². The normalized spacial score (nSPS) is 16.2. The van der Waals surface area contributed by atoms with Gasteiger partial charge in [-0.25, -0.2) is 4.79 Å². The van der Waals surface area contributed by atoms with Crippen molar-refractivity contribution >= 4 is 28.8 Å². The average Bonchev–Trinajstić information content (AvgIpc) is 3.05. The summed E-state index contributed by atoms with van der Waals surface area (Å²) in [5.74, 6) is -0.908. The number of carbonyl (C=O) groups is 1. The summed E-state index contributed by atoms with van der Waals surface area (Å²) in [4.78, 5) is 42.7. The van der Waals surface area contributed by atoms with E-state index in [0.29, 0.717) is 12.5 Å². The molecule has 0 unspecified atom stereocenters. The Morgan fingerprint density at radius 3 is 2.59 bits per heavy atom. The molecule has 0 spiro atoms. The first kappa shape index (κ1) is 18.9. The SMILES string of the molecule is Cc1ccc(N2C[C@H](O)Cn3c2nc2c3c(=O)n(CCC(=O)[O-])c(=O)n2C)cc1. The summed E-state index contributed by atoms with van der Waals surface area (Å²) in [5.41, 5.74) is 0.927. The third kappa shape index (κ3) is 3.11. The molecule has 4 rings (SSSR count). The Kier molecular flexibility index (Phi) is 4.50. The predicted octanol–water partition coefficient (Wildman–Crippen LogP) is -1.14. The summed E-state index contributed by atoms with van der Waals surface area (Å²) in [7, 11) is 1.48. The third-order valence-electron chi connectivity index (χ3n) is 5.13. The molecule has 1 atom stereocenters. The molecule has 0 fully saturated rings. The van der Waals surface area contributed by atoms with Crippen LogP contribution in [0, 0.1) is 6.92 Å². The van der Waals surface area contributed by atoms with Crippen LogP contribution in [0.2, 0.25) is 0 Å². The molecular weight excluding hydrogens is 378 g/mol. The fraction of sp³-hybridized carbons (Fsp3) is 0.368. The molecule has 10 nitrogen and oxygen atoms in total. The first-order valence-electron chi connectivity index (χ1n) is 9.20. The van der Waals surface area contributed by atoms with Crippen LogP contribution in [0.25, 0.3) is 11.2 Å². The maximum absolute atomic E-state index is 13.0. The number of rotatable bonds is 4. The van der Waals surface area contributed by atoms with Crippen molar-refractivity contribution in [1.82, 2.24) is 18.7 Å². The van der Waals surface area contributed by atoms with E-state index in [4.69, 9.17) is 0 Å². The summed E-state index contributed by atoms with van der Waals surface area (Å²) >= 11 is 0. The van der Waals surface area contributed by atoms with E-state index < -0.39 is 29.7 Å². The van der Waals surface area contributed by atoms with Gasteiger partial charge in [0.25, 0.3) is 5.56 Å². The molecule has 0 radical (unpaired) electrons. The lowest BCUT2D eigenvalue weighted by molar-refractivity contribution is -0.305. The van der Waals surface area contributed by atoms with Crippen LogP contribution in [0.15, 0.2) is 33.9 Å². The van der Waals surface area contributed by atoms with Gasteiger partial charge in [-0.3, -0.25) is 13.9 Å². The average molecular weight is 398 g/mol. The van der Waals surface area contributed by atoms with Gasteiger partial charge in [-0.15, -0.1) is 0 Å². The molecule has 2 aromatic heterocycles. The molecule has 1 aliphatic heterocycles. The number of aliphatic hydroxyl groups excluding tert-OH is 1. The standard InChI is InChI=1S/C19H21N5O5/c1-11-3-5-12(6-4-11)23-9-13(25)10-24-15-16(20-18(23)24)21(2)19(29)22(17(15)28)8-7-14(26)27/h3-6,13,25H,7-10H2,1-2H3,(H,26,27)/p-1/t13-/m0/s1. The number of β-amino-alcohol motifs (C(OH)–C–C–N with tert-alkyl or cyclic N) is 1. The number of hydrogen-bond acceptors (Lipinski definition) is 7. The molecule has 1 aromatic carbocycles. The number of aliphatic hydroxyl groups is 1. The van der Waals surface area contributed by atoms with E-state index in [2.05, 4.69) is 4.98 Å². The number of carboxylic acid groups (broad SMARTS) is 1. The number of aliphatic carboxylic acids is 1. The van der Waals surface area contributed by atoms with E-state index in [0.717, 1.165) is 15.8 Å². The summed E-state index contributed by atoms with van der Waals surface area (Å²) in [6.45, 7) is 2.10. The van der Waals surface area contributed by atoms with Gasteiger partial charge in [0.1, 0.15) is 0 Å². The Balaban J connectivity index is 1.95. The highest BCUT2D eigenvalue weighted by Gasteiger charge is 2.30. The number of carbonyl (C=O) groups excluding carboxylic acids is 1. The van der Waals surface area contributed by atoms with Crippen LogP contribution in [0.1, 0.15) is 12.0 Å².